The first-order valence-corrected chi connectivity index (χ1v) is 11.2. The van der Waals surface area contributed by atoms with Crippen LogP contribution in [0.25, 0.3) is 10.9 Å². The highest BCUT2D eigenvalue weighted by atomic mass is 35.5. The second-order valence-corrected chi connectivity index (χ2v) is 8.45. The van der Waals surface area contributed by atoms with Crippen LogP contribution in [0.1, 0.15) is 48.8 Å². The highest BCUT2D eigenvalue weighted by Gasteiger charge is 2.15. The van der Waals surface area contributed by atoms with Gasteiger partial charge in [-0.25, -0.2) is 0 Å². The minimum absolute atomic E-state index is 0.558. The maximum atomic E-state index is 9.39. The zero-order chi connectivity index (χ0) is 21.6. The number of hydrogen-bond donors (Lipinski definition) is 2. The predicted octanol–water partition coefficient (Wildman–Crippen LogP) is 5.80. The molecular formula is C25H27ClN4O. The maximum absolute atomic E-state index is 9.39. The van der Waals surface area contributed by atoms with Crippen LogP contribution >= 0.6 is 11.6 Å². The lowest BCUT2D eigenvalue weighted by Crippen LogP contribution is -2.30. The lowest BCUT2D eigenvalue weighted by molar-refractivity contribution is 0.372. The number of anilines is 1. The molecule has 0 atom stereocenters. The Labute approximate surface area is 188 Å². The molecule has 1 aromatic heterocycles. The van der Waals surface area contributed by atoms with Gasteiger partial charge in [0, 0.05) is 42.0 Å². The van der Waals surface area contributed by atoms with Gasteiger partial charge in [0.15, 0.2) is 0 Å². The summed E-state index contributed by atoms with van der Waals surface area (Å²) < 4.78 is 5.26. The number of methoxy groups -OCH3 is 1. The fourth-order valence-electron chi connectivity index (χ4n) is 4.22. The van der Waals surface area contributed by atoms with Crippen LogP contribution in [0.2, 0.25) is 5.02 Å². The number of nitrogens with zero attached hydrogens (tertiary/aromatic N) is 2. The van der Waals surface area contributed by atoms with E-state index in [1.165, 1.54) is 32.1 Å². The molecule has 2 N–H and O–H groups in total. The standard InChI is InChI=1S/C25H27ClN4O/c1-31-24-10-8-18(12-22(24)26)14-30-25-19(15-28-20-5-3-2-4-6-20)16-29-23-9-7-17(13-27)11-21(23)25/h7-12,16,20,28H,2-6,14-15H2,1H3,(H,29,30). The van der Waals surface area contributed by atoms with Crippen LogP contribution in [-0.2, 0) is 13.1 Å². The molecule has 3 aromatic rings. The van der Waals surface area contributed by atoms with Crippen LogP contribution in [0.4, 0.5) is 5.69 Å². The number of rotatable bonds is 7. The average Bonchev–Trinajstić information content (AvgIpc) is 2.81. The van der Waals surface area contributed by atoms with E-state index < -0.39 is 0 Å². The van der Waals surface area contributed by atoms with E-state index in [1.54, 1.807) is 7.11 Å². The zero-order valence-corrected chi connectivity index (χ0v) is 18.5. The van der Waals surface area contributed by atoms with Crippen LogP contribution < -0.4 is 15.4 Å². The molecule has 31 heavy (non-hydrogen) atoms. The molecule has 1 heterocycles. The summed E-state index contributed by atoms with van der Waals surface area (Å²) in [4.78, 5) is 4.65. The van der Waals surface area contributed by atoms with Gasteiger partial charge < -0.3 is 15.4 Å². The first kappa shape index (κ1) is 21.4. The minimum Gasteiger partial charge on any atom is -0.495 e. The molecule has 0 saturated heterocycles. The van der Waals surface area contributed by atoms with Crippen molar-refractivity contribution in [3.8, 4) is 11.8 Å². The number of aromatic nitrogens is 1. The summed E-state index contributed by atoms with van der Waals surface area (Å²) in [6.45, 7) is 1.35. The van der Waals surface area contributed by atoms with E-state index in [4.69, 9.17) is 16.3 Å². The first-order valence-electron chi connectivity index (χ1n) is 10.8. The first-order chi connectivity index (χ1) is 15.2. The Hall–Kier alpha value is -2.81. The molecule has 5 nitrogen and oxygen atoms in total. The summed E-state index contributed by atoms with van der Waals surface area (Å²) in [7, 11) is 1.61. The molecule has 0 unspecified atom stereocenters. The van der Waals surface area contributed by atoms with Gasteiger partial charge in [-0.3, -0.25) is 4.98 Å². The zero-order valence-electron chi connectivity index (χ0n) is 17.7. The topological polar surface area (TPSA) is 70.0 Å². The normalized spacial score (nSPS) is 14.4. The Balaban J connectivity index is 1.62. The molecule has 0 aliphatic heterocycles. The van der Waals surface area contributed by atoms with E-state index in [2.05, 4.69) is 21.7 Å². The maximum Gasteiger partial charge on any atom is 0.137 e. The van der Waals surface area contributed by atoms with Crippen molar-refractivity contribution in [2.75, 3.05) is 12.4 Å². The van der Waals surface area contributed by atoms with E-state index in [1.807, 2.05) is 42.6 Å². The molecule has 1 aliphatic rings. The summed E-state index contributed by atoms with van der Waals surface area (Å²) in [5, 5.41) is 18.2. The van der Waals surface area contributed by atoms with Crippen molar-refractivity contribution in [1.29, 1.82) is 5.26 Å². The van der Waals surface area contributed by atoms with Gasteiger partial charge in [-0.05, 0) is 48.7 Å². The van der Waals surface area contributed by atoms with Gasteiger partial charge in [-0.2, -0.15) is 5.26 Å². The molecule has 1 fully saturated rings. The van der Waals surface area contributed by atoms with Crippen molar-refractivity contribution in [2.45, 2.75) is 51.2 Å². The van der Waals surface area contributed by atoms with E-state index in [9.17, 15) is 5.26 Å². The Kier molecular flexibility index (Phi) is 6.91. The van der Waals surface area contributed by atoms with Crippen LogP contribution in [0.15, 0.2) is 42.6 Å². The second kappa shape index (κ2) is 10.00. The van der Waals surface area contributed by atoms with Crippen molar-refractivity contribution >= 4 is 28.2 Å². The predicted molar refractivity (Wildman–Crippen MR) is 126 cm³/mol. The van der Waals surface area contributed by atoms with Crippen molar-refractivity contribution in [3.05, 3.63) is 64.3 Å². The fraction of sp³-hybridized carbons (Fsp3) is 0.360. The molecule has 0 bridgehead atoms. The molecule has 160 valence electrons. The summed E-state index contributed by atoms with van der Waals surface area (Å²) in [5.41, 5.74) is 4.67. The lowest BCUT2D eigenvalue weighted by Gasteiger charge is -2.24. The largest absolute Gasteiger partial charge is 0.495 e. The number of nitriles is 1. The molecule has 0 radical (unpaired) electrons. The monoisotopic (exact) mass is 434 g/mol. The van der Waals surface area contributed by atoms with Crippen molar-refractivity contribution in [3.63, 3.8) is 0 Å². The number of nitrogens with one attached hydrogen (secondary N) is 2. The van der Waals surface area contributed by atoms with E-state index in [-0.39, 0.29) is 0 Å². The van der Waals surface area contributed by atoms with Gasteiger partial charge in [0.25, 0.3) is 0 Å². The van der Waals surface area contributed by atoms with Gasteiger partial charge in [-0.1, -0.05) is 36.9 Å². The Morgan fingerprint density at radius 3 is 2.71 bits per heavy atom. The number of fused-ring (bicyclic) bond motifs is 1. The van der Waals surface area contributed by atoms with Crippen molar-refractivity contribution in [2.24, 2.45) is 0 Å². The summed E-state index contributed by atoms with van der Waals surface area (Å²) >= 11 is 6.30. The number of ether oxygens (including phenoxy) is 1. The molecule has 6 heteroatoms. The van der Waals surface area contributed by atoms with E-state index >= 15 is 0 Å². The third-order valence-electron chi connectivity index (χ3n) is 5.95. The van der Waals surface area contributed by atoms with Gasteiger partial charge in [0.2, 0.25) is 0 Å². The summed E-state index contributed by atoms with van der Waals surface area (Å²) in [6.07, 6.45) is 8.32. The van der Waals surface area contributed by atoms with Gasteiger partial charge in [0.05, 0.1) is 29.3 Å². The Bertz CT molecular complexity index is 1100. The highest BCUT2D eigenvalue weighted by Crippen LogP contribution is 2.30. The SMILES string of the molecule is COc1ccc(CNc2c(CNC3CCCCC3)cnc3ccc(C#N)cc23)cc1Cl. The fourth-order valence-corrected chi connectivity index (χ4v) is 4.50. The smallest absolute Gasteiger partial charge is 0.137 e. The molecule has 0 spiro atoms. The molecule has 2 aromatic carbocycles. The molecule has 1 saturated carbocycles. The number of halogens is 1. The number of hydrogen-bond acceptors (Lipinski definition) is 5. The number of benzene rings is 2. The van der Waals surface area contributed by atoms with Gasteiger partial charge >= 0.3 is 0 Å². The van der Waals surface area contributed by atoms with E-state index in [0.717, 1.165) is 34.3 Å². The highest BCUT2D eigenvalue weighted by molar-refractivity contribution is 6.32. The third kappa shape index (κ3) is 5.10. The van der Waals surface area contributed by atoms with Gasteiger partial charge in [-0.15, -0.1) is 0 Å². The molecule has 4 rings (SSSR count). The van der Waals surface area contributed by atoms with Crippen LogP contribution in [-0.4, -0.2) is 18.1 Å². The average molecular weight is 435 g/mol. The van der Waals surface area contributed by atoms with Crippen LogP contribution in [0.3, 0.4) is 0 Å². The molecule has 1 aliphatic carbocycles. The molecule has 0 amide bonds. The second-order valence-electron chi connectivity index (χ2n) is 8.04. The Morgan fingerprint density at radius 2 is 1.97 bits per heavy atom. The number of pyridine rings is 1. The van der Waals surface area contributed by atoms with Gasteiger partial charge in [0.1, 0.15) is 5.75 Å². The third-order valence-corrected chi connectivity index (χ3v) is 6.24. The molecular weight excluding hydrogens is 408 g/mol. The van der Waals surface area contributed by atoms with Crippen LogP contribution in [0, 0.1) is 11.3 Å². The van der Waals surface area contributed by atoms with E-state index in [0.29, 0.717) is 28.9 Å². The van der Waals surface area contributed by atoms with Crippen LogP contribution in [0.5, 0.6) is 5.75 Å². The minimum atomic E-state index is 0.558. The summed E-state index contributed by atoms with van der Waals surface area (Å²) in [5.74, 6) is 0.663. The Morgan fingerprint density at radius 1 is 1.13 bits per heavy atom. The lowest BCUT2D eigenvalue weighted by atomic mass is 9.95. The van der Waals surface area contributed by atoms with Crippen molar-refractivity contribution < 1.29 is 4.74 Å². The summed E-state index contributed by atoms with van der Waals surface area (Å²) in [6, 6.07) is 14.2. The van der Waals surface area contributed by atoms with Crippen molar-refractivity contribution in [1.82, 2.24) is 10.3 Å². The quantitative estimate of drug-likeness (QED) is 0.491.